The first-order valence-electron chi connectivity index (χ1n) is 3.98. The molecule has 18 heavy (non-hydrogen) atoms. The van der Waals surface area contributed by atoms with Gasteiger partial charge in [-0.2, -0.15) is 35.1 Å². The summed E-state index contributed by atoms with van der Waals surface area (Å²) in [6.45, 7) is -5.33. The molecule has 0 atom stereocenters. The second-order valence-electron chi connectivity index (χ2n) is 2.96. The van der Waals surface area contributed by atoms with Gasteiger partial charge in [-0.1, -0.05) is 0 Å². The fourth-order valence-electron chi connectivity index (χ4n) is 0.610. The lowest BCUT2D eigenvalue weighted by atomic mass is 10.1. The van der Waals surface area contributed by atoms with Crippen molar-refractivity contribution in [3.8, 4) is 0 Å². The summed E-state index contributed by atoms with van der Waals surface area (Å²) in [5.74, 6) is -17.6. The number of carbonyl (C=O) groups is 1. The van der Waals surface area contributed by atoms with Gasteiger partial charge in [0.05, 0.1) is 0 Å². The Morgan fingerprint density at radius 1 is 1.00 bits per heavy atom. The Labute approximate surface area is 93.5 Å². The van der Waals surface area contributed by atoms with E-state index in [0.717, 1.165) is 0 Å². The zero-order chi connectivity index (χ0) is 14.8. The van der Waals surface area contributed by atoms with Crippen molar-refractivity contribution in [1.82, 2.24) is 0 Å². The number of carbonyl (C=O) groups excluding carboxylic acids is 1. The molecule has 0 aromatic rings. The van der Waals surface area contributed by atoms with E-state index in [2.05, 4.69) is 0 Å². The van der Waals surface area contributed by atoms with E-state index in [4.69, 9.17) is 0 Å². The Kier molecular flexibility index (Phi) is 4.77. The summed E-state index contributed by atoms with van der Waals surface area (Å²) in [6.07, 6.45) is -5.12. The predicted molar refractivity (Wildman–Crippen MR) is 40.3 cm³/mol. The molecule has 0 heterocycles. The molecule has 0 spiro atoms. The lowest BCUT2D eigenvalue weighted by molar-refractivity contribution is -0.208. The average molecular weight is 289 g/mol. The molecule has 0 aliphatic rings. The topological polar surface area (TPSA) is 29.4 Å². The number of hydrogen-bond donors (Lipinski definition) is 0. The third-order valence-corrected chi connectivity index (χ3v) is 1.50. The molecule has 0 bridgehead atoms. The number of hydrogen-bond acceptors (Lipinski definition) is 2. The van der Waals surface area contributed by atoms with Gasteiger partial charge in [0.15, 0.2) is 6.67 Å². The Bertz CT molecular complexity index is 345. The van der Waals surface area contributed by atoms with E-state index in [1.54, 1.807) is 4.99 Å². The average Bonchev–Trinajstić information content (AvgIpc) is 2.23. The van der Waals surface area contributed by atoms with Gasteiger partial charge >= 0.3 is 18.0 Å². The number of ketones is 1. The Balaban J connectivity index is 5.06. The van der Waals surface area contributed by atoms with Crippen molar-refractivity contribution in [2.24, 2.45) is 4.99 Å². The maximum absolute atomic E-state index is 12.5. The summed E-state index contributed by atoms with van der Waals surface area (Å²) in [6, 6.07) is 0. The van der Waals surface area contributed by atoms with Gasteiger partial charge in [-0.25, -0.2) is 9.38 Å². The SMILES string of the molecule is O=C(C(F)=NCC(F)(F)F)C(F)(F)C(F)(F)CF. The fourth-order valence-corrected chi connectivity index (χ4v) is 0.610. The van der Waals surface area contributed by atoms with Gasteiger partial charge in [-0.05, 0) is 0 Å². The molecule has 0 aromatic carbocycles. The van der Waals surface area contributed by atoms with Gasteiger partial charge in [-0.3, -0.25) is 4.79 Å². The van der Waals surface area contributed by atoms with Crippen LogP contribution in [0.2, 0.25) is 0 Å². The molecule has 0 amide bonds. The minimum atomic E-state index is -5.82. The zero-order valence-electron chi connectivity index (χ0n) is 8.17. The van der Waals surface area contributed by atoms with Gasteiger partial charge in [0.2, 0.25) is 0 Å². The van der Waals surface area contributed by atoms with Crippen LogP contribution < -0.4 is 0 Å². The second-order valence-corrected chi connectivity index (χ2v) is 2.96. The van der Waals surface area contributed by atoms with Crippen LogP contribution >= 0.6 is 0 Å². The molecule has 0 N–H and O–H groups in total. The molecule has 106 valence electrons. The van der Waals surface area contributed by atoms with E-state index < -0.39 is 43.0 Å². The second kappa shape index (κ2) is 5.14. The fraction of sp³-hybridized carbons (Fsp3) is 0.714. The van der Waals surface area contributed by atoms with Gasteiger partial charge in [0, 0.05) is 0 Å². The van der Waals surface area contributed by atoms with Crippen LogP contribution in [0.1, 0.15) is 0 Å². The van der Waals surface area contributed by atoms with Crippen LogP contribution in [0.4, 0.5) is 39.5 Å². The Morgan fingerprint density at radius 2 is 1.44 bits per heavy atom. The third-order valence-electron chi connectivity index (χ3n) is 1.50. The van der Waals surface area contributed by atoms with Gasteiger partial charge in [-0.15, -0.1) is 0 Å². The highest BCUT2D eigenvalue weighted by molar-refractivity contribution is 6.38. The quantitative estimate of drug-likeness (QED) is 0.565. The van der Waals surface area contributed by atoms with Crippen molar-refractivity contribution in [1.29, 1.82) is 0 Å². The number of aliphatic imine (C=N–C) groups is 1. The van der Waals surface area contributed by atoms with E-state index in [0.29, 0.717) is 0 Å². The van der Waals surface area contributed by atoms with E-state index in [1.165, 1.54) is 0 Å². The highest BCUT2D eigenvalue weighted by Crippen LogP contribution is 2.36. The van der Waals surface area contributed by atoms with E-state index >= 15 is 0 Å². The van der Waals surface area contributed by atoms with Crippen LogP contribution in [-0.2, 0) is 4.79 Å². The first-order chi connectivity index (χ1) is 7.85. The molecule has 0 aliphatic heterocycles. The maximum atomic E-state index is 12.5. The highest BCUT2D eigenvalue weighted by atomic mass is 19.4. The molecule has 0 aliphatic carbocycles. The third kappa shape index (κ3) is 3.88. The Hall–Kier alpha value is -1.29. The number of rotatable bonds is 5. The van der Waals surface area contributed by atoms with Crippen LogP contribution in [0, 0.1) is 0 Å². The standard InChI is InChI=1S/C7H4F9NO/c8-1-5(10,11)7(15,16)3(18)4(9)17-2-6(12,13)14/h1-2H2. The van der Waals surface area contributed by atoms with Crippen LogP contribution in [-0.4, -0.2) is 43.0 Å². The molecule has 0 fully saturated rings. The molecule has 0 aromatic heterocycles. The van der Waals surface area contributed by atoms with Crippen LogP contribution in [0.25, 0.3) is 0 Å². The lowest BCUT2D eigenvalue weighted by Crippen LogP contribution is -2.50. The first kappa shape index (κ1) is 16.7. The first-order valence-corrected chi connectivity index (χ1v) is 3.98. The predicted octanol–water partition coefficient (Wildman–Crippen LogP) is 2.73. The number of nitrogens with zero attached hydrogens (tertiary/aromatic N) is 1. The number of alkyl halides is 8. The highest BCUT2D eigenvalue weighted by Gasteiger charge is 2.63. The van der Waals surface area contributed by atoms with E-state index in [9.17, 15) is 44.3 Å². The van der Waals surface area contributed by atoms with Crippen LogP contribution in [0.15, 0.2) is 4.99 Å². The summed E-state index contributed by atoms with van der Waals surface area (Å²) in [7, 11) is 0. The molecule has 0 radical (unpaired) electrons. The van der Waals surface area contributed by atoms with Crippen molar-refractivity contribution in [2.75, 3.05) is 13.2 Å². The van der Waals surface area contributed by atoms with Crippen molar-refractivity contribution in [3.63, 3.8) is 0 Å². The van der Waals surface area contributed by atoms with Crippen molar-refractivity contribution < 1.29 is 44.3 Å². The van der Waals surface area contributed by atoms with Gasteiger partial charge < -0.3 is 0 Å². The molecule has 2 nitrogen and oxygen atoms in total. The summed E-state index contributed by atoms with van der Waals surface area (Å²) in [5.41, 5.74) is 0. The monoisotopic (exact) mass is 289 g/mol. The molecule has 0 saturated heterocycles. The summed E-state index contributed by atoms with van der Waals surface area (Å²) in [4.78, 5) is 12.2. The molecule has 0 rings (SSSR count). The van der Waals surface area contributed by atoms with Crippen LogP contribution in [0.5, 0.6) is 0 Å². The van der Waals surface area contributed by atoms with Crippen LogP contribution in [0.3, 0.4) is 0 Å². The largest absolute Gasteiger partial charge is 0.408 e. The van der Waals surface area contributed by atoms with Gasteiger partial charge in [0.1, 0.15) is 6.54 Å². The summed E-state index contributed by atoms with van der Waals surface area (Å²) >= 11 is 0. The molecular weight excluding hydrogens is 285 g/mol. The van der Waals surface area contributed by atoms with Gasteiger partial charge in [0.25, 0.3) is 11.7 Å². The molecule has 0 saturated carbocycles. The zero-order valence-corrected chi connectivity index (χ0v) is 8.17. The van der Waals surface area contributed by atoms with Crippen molar-refractivity contribution in [3.05, 3.63) is 0 Å². The minimum Gasteiger partial charge on any atom is -0.283 e. The number of Topliss-reactive ketones (excluding diaryl/α,β-unsaturated/α-hetero) is 1. The van der Waals surface area contributed by atoms with Crippen molar-refractivity contribution >= 4 is 11.7 Å². The summed E-state index contributed by atoms with van der Waals surface area (Å²) < 4.78 is 108. The smallest absolute Gasteiger partial charge is 0.283 e. The normalized spacial score (nSPS) is 14.8. The molecule has 11 heteroatoms. The van der Waals surface area contributed by atoms with Crippen molar-refractivity contribution in [2.45, 2.75) is 18.0 Å². The van der Waals surface area contributed by atoms with E-state index in [-0.39, 0.29) is 0 Å². The summed E-state index contributed by atoms with van der Waals surface area (Å²) in [5, 5.41) is 0. The Morgan fingerprint density at radius 3 is 1.78 bits per heavy atom. The minimum absolute atomic E-state index is 1.75. The van der Waals surface area contributed by atoms with E-state index in [1.807, 2.05) is 0 Å². The molecule has 0 unspecified atom stereocenters. The number of halogens is 9. The molecular formula is C7H4F9NO. The maximum Gasteiger partial charge on any atom is 0.408 e. The lowest BCUT2D eigenvalue weighted by Gasteiger charge is -2.21.